The second kappa shape index (κ2) is 4.12. The first-order valence-electron chi connectivity index (χ1n) is 4.49. The zero-order valence-corrected chi connectivity index (χ0v) is 8.13. The lowest BCUT2D eigenvalue weighted by Gasteiger charge is -2.12. The average molecular weight is 216 g/mol. The van der Waals surface area contributed by atoms with Crippen LogP contribution in [0.4, 0.5) is 8.78 Å². The largest absolute Gasteiger partial charge is 0.491 e. The van der Waals surface area contributed by atoms with E-state index < -0.39 is 23.7 Å². The van der Waals surface area contributed by atoms with Crippen molar-refractivity contribution in [2.75, 3.05) is 20.3 Å². The summed E-state index contributed by atoms with van der Waals surface area (Å²) < 4.78 is 41.6. The van der Waals surface area contributed by atoms with Crippen LogP contribution in [0.2, 0.25) is 0 Å². The first-order valence-corrected chi connectivity index (χ1v) is 4.49. The molecule has 1 aromatic rings. The third-order valence-electron chi connectivity index (χ3n) is 2.16. The normalized spacial score (nSPS) is 17.0. The Hall–Kier alpha value is -1.20. The SMILES string of the molecule is COc1c(F)ccc(C2OCCO2)c1F. The summed E-state index contributed by atoms with van der Waals surface area (Å²) in [7, 11) is 1.21. The van der Waals surface area contributed by atoms with Gasteiger partial charge in [0.2, 0.25) is 0 Å². The fraction of sp³-hybridized carbons (Fsp3) is 0.400. The van der Waals surface area contributed by atoms with E-state index in [9.17, 15) is 8.78 Å². The second-order valence-electron chi connectivity index (χ2n) is 3.06. The summed E-state index contributed by atoms with van der Waals surface area (Å²) in [6, 6.07) is 2.42. The highest BCUT2D eigenvalue weighted by Gasteiger charge is 2.25. The minimum Gasteiger partial charge on any atom is -0.491 e. The molecule has 1 saturated heterocycles. The van der Waals surface area contributed by atoms with Crippen molar-refractivity contribution in [2.45, 2.75) is 6.29 Å². The van der Waals surface area contributed by atoms with Gasteiger partial charge < -0.3 is 14.2 Å². The summed E-state index contributed by atoms with van der Waals surface area (Å²) in [5.41, 5.74) is 0.158. The molecule has 0 amide bonds. The fourth-order valence-electron chi connectivity index (χ4n) is 1.45. The van der Waals surface area contributed by atoms with E-state index in [1.165, 1.54) is 13.2 Å². The summed E-state index contributed by atoms with van der Waals surface area (Å²) >= 11 is 0. The maximum atomic E-state index is 13.7. The number of hydrogen-bond donors (Lipinski definition) is 0. The molecule has 1 heterocycles. The van der Waals surface area contributed by atoms with Crippen molar-refractivity contribution >= 4 is 0 Å². The number of hydrogen-bond acceptors (Lipinski definition) is 3. The molecule has 82 valence electrons. The molecule has 3 nitrogen and oxygen atoms in total. The van der Waals surface area contributed by atoms with Gasteiger partial charge in [0.15, 0.2) is 23.7 Å². The van der Waals surface area contributed by atoms with Gasteiger partial charge in [-0.1, -0.05) is 0 Å². The molecular formula is C10H10F2O3. The van der Waals surface area contributed by atoms with Gasteiger partial charge >= 0.3 is 0 Å². The lowest BCUT2D eigenvalue weighted by molar-refractivity contribution is -0.0467. The van der Waals surface area contributed by atoms with Crippen LogP contribution >= 0.6 is 0 Å². The van der Waals surface area contributed by atoms with E-state index in [4.69, 9.17) is 9.47 Å². The van der Waals surface area contributed by atoms with Crippen LogP contribution in [0.5, 0.6) is 5.75 Å². The lowest BCUT2D eigenvalue weighted by Crippen LogP contribution is -2.04. The zero-order valence-electron chi connectivity index (χ0n) is 8.13. The number of methoxy groups -OCH3 is 1. The van der Waals surface area contributed by atoms with Crippen molar-refractivity contribution in [1.29, 1.82) is 0 Å². The van der Waals surface area contributed by atoms with E-state index in [1.54, 1.807) is 0 Å². The van der Waals surface area contributed by atoms with Crippen LogP contribution < -0.4 is 4.74 Å². The summed E-state index contributed by atoms with van der Waals surface area (Å²) in [6.45, 7) is 0.813. The number of benzene rings is 1. The molecular weight excluding hydrogens is 206 g/mol. The third-order valence-corrected chi connectivity index (χ3v) is 2.16. The van der Waals surface area contributed by atoms with Crippen LogP contribution in [-0.4, -0.2) is 20.3 Å². The quantitative estimate of drug-likeness (QED) is 0.756. The van der Waals surface area contributed by atoms with Crippen LogP contribution in [0.25, 0.3) is 0 Å². The van der Waals surface area contributed by atoms with Crippen molar-refractivity contribution in [3.8, 4) is 5.75 Å². The summed E-state index contributed by atoms with van der Waals surface area (Å²) in [5.74, 6) is -1.92. The molecule has 1 fully saturated rings. The minimum absolute atomic E-state index is 0.158. The molecule has 0 unspecified atom stereocenters. The van der Waals surface area contributed by atoms with Gasteiger partial charge in [0.1, 0.15) is 0 Å². The van der Waals surface area contributed by atoms with Gasteiger partial charge in [-0.15, -0.1) is 0 Å². The summed E-state index contributed by atoms with van der Waals surface area (Å²) in [4.78, 5) is 0. The summed E-state index contributed by atoms with van der Waals surface area (Å²) in [6.07, 6.45) is -0.764. The molecule has 0 radical (unpaired) electrons. The second-order valence-corrected chi connectivity index (χ2v) is 3.06. The van der Waals surface area contributed by atoms with Crippen molar-refractivity contribution < 1.29 is 23.0 Å². The van der Waals surface area contributed by atoms with E-state index in [0.29, 0.717) is 13.2 Å². The van der Waals surface area contributed by atoms with Gasteiger partial charge in [0.25, 0.3) is 0 Å². The number of halogens is 2. The smallest absolute Gasteiger partial charge is 0.190 e. The molecule has 0 saturated carbocycles. The van der Waals surface area contributed by atoms with Gasteiger partial charge in [-0.2, -0.15) is 0 Å². The first kappa shape index (κ1) is 10.3. The van der Waals surface area contributed by atoms with E-state index in [1.807, 2.05) is 0 Å². The zero-order chi connectivity index (χ0) is 10.8. The molecule has 0 aliphatic carbocycles. The Labute approximate surface area is 85.6 Å². The molecule has 0 atom stereocenters. The van der Waals surface area contributed by atoms with Crippen molar-refractivity contribution in [3.63, 3.8) is 0 Å². The van der Waals surface area contributed by atoms with Gasteiger partial charge in [0, 0.05) is 5.56 Å². The van der Waals surface area contributed by atoms with E-state index in [0.717, 1.165) is 6.07 Å². The predicted molar refractivity (Wildman–Crippen MR) is 47.6 cm³/mol. The fourth-order valence-corrected chi connectivity index (χ4v) is 1.45. The van der Waals surface area contributed by atoms with Crippen molar-refractivity contribution in [3.05, 3.63) is 29.3 Å². The minimum atomic E-state index is -0.774. The molecule has 15 heavy (non-hydrogen) atoms. The van der Waals surface area contributed by atoms with Gasteiger partial charge in [0.05, 0.1) is 20.3 Å². The van der Waals surface area contributed by atoms with E-state index in [2.05, 4.69) is 4.74 Å². The third kappa shape index (κ3) is 1.80. The Kier molecular flexibility index (Phi) is 2.83. The molecule has 1 aliphatic rings. The Bertz CT molecular complexity index is 362. The molecule has 0 aromatic heterocycles. The highest BCUT2D eigenvalue weighted by Crippen LogP contribution is 2.31. The molecule has 5 heteroatoms. The maximum absolute atomic E-state index is 13.7. The van der Waals surface area contributed by atoms with Crippen LogP contribution in [-0.2, 0) is 9.47 Å². The van der Waals surface area contributed by atoms with E-state index >= 15 is 0 Å². The van der Waals surface area contributed by atoms with Crippen molar-refractivity contribution in [1.82, 2.24) is 0 Å². The Morgan fingerprint density at radius 3 is 2.53 bits per heavy atom. The number of rotatable bonds is 2. The molecule has 0 bridgehead atoms. The van der Waals surface area contributed by atoms with Crippen LogP contribution in [0.15, 0.2) is 12.1 Å². The molecule has 2 rings (SSSR count). The Balaban J connectivity index is 2.39. The van der Waals surface area contributed by atoms with Crippen LogP contribution in [0.3, 0.4) is 0 Å². The maximum Gasteiger partial charge on any atom is 0.190 e. The number of ether oxygens (including phenoxy) is 3. The topological polar surface area (TPSA) is 27.7 Å². The Morgan fingerprint density at radius 2 is 1.93 bits per heavy atom. The highest BCUT2D eigenvalue weighted by atomic mass is 19.1. The molecule has 1 aromatic carbocycles. The summed E-state index contributed by atoms with van der Waals surface area (Å²) in [5, 5.41) is 0. The first-order chi connectivity index (χ1) is 7.24. The lowest BCUT2D eigenvalue weighted by atomic mass is 10.2. The average Bonchev–Trinajstić information content (AvgIpc) is 2.71. The Morgan fingerprint density at radius 1 is 1.27 bits per heavy atom. The highest BCUT2D eigenvalue weighted by molar-refractivity contribution is 5.33. The molecule has 1 aliphatic heterocycles. The van der Waals surface area contributed by atoms with Crippen LogP contribution in [0, 0.1) is 11.6 Å². The van der Waals surface area contributed by atoms with E-state index in [-0.39, 0.29) is 5.56 Å². The standard InChI is InChI=1S/C10H10F2O3/c1-13-9-7(11)3-2-6(8(9)12)10-14-4-5-15-10/h2-3,10H,4-5H2,1H3. The molecule has 0 N–H and O–H groups in total. The van der Waals surface area contributed by atoms with Crippen LogP contribution in [0.1, 0.15) is 11.9 Å². The monoisotopic (exact) mass is 216 g/mol. The van der Waals surface area contributed by atoms with Gasteiger partial charge in [-0.25, -0.2) is 8.78 Å². The van der Waals surface area contributed by atoms with Gasteiger partial charge in [-0.05, 0) is 12.1 Å². The van der Waals surface area contributed by atoms with Crippen molar-refractivity contribution in [2.24, 2.45) is 0 Å². The molecule has 0 spiro atoms. The predicted octanol–water partition coefficient (Wildman–Crippen LogP) is 2.02. The van der Waals surface area contributed by atoms with Gasteiger partial charge in [-0.3, -0.25) is 0 Å².